The van der Waals surface area contributed by atoms with Crippen LogP contribution in [0.4, 0.5) is 0 Å². The van der Waals surface area contributed by atoms with Crippen LogP contribution in [0.15, 0.2) is 24.5 Å². The van der Waals surface area contributed by atoms with Crippen LogP contribution in [0, 0.1) is 0 Å². The first-order valence-corrected chi connectivity index (χ1v) is 4.14. The average molecular weight is 179 g/mol. The zero-order valence-corrected chi connectivity index (χ0v) is 6.97. The van der Waals surface area contributed by atoms with Crippen molar-refractivity contribution in [3.8, 4) is 0 Å². The summed E-state index contributed by atoms with van der Waals surface area (Å²) in [7, 11) is 0. The predicted octanol–water partition coefficient (Wildman–Crippen LogP) is 1.33. The summed E-state index contributed by atoms with van der Waals surface area (Å²) < 4.78 is 0. The van der Waals surface area contributed by atoms with E-state index in [0.29, 0.717) is 5.56 Å². The van der Waals surface area contributed by atoms with E-state index in [1.54, 1.807) is 18.3 Å². The summed E-state index contributed by atoms with van der Waals surface area (Å²) in [5.41, 5.74) is 0.406. The standard InChI is InChI=1S/C9H9NO3/c11-9(13-12-8-3-4-8)7-2-1-5-10-6-7/h1-2,5-6,8H,3-4H2. The molecule has 1 aromatic heterocycles. The highest BCUT2D eigenvalue weighted by atomic mass is 17.2. The van der Waals surface area contributed by atoms with Gasteiger partial charge >= 0.3 is 5.97 Å². The number of carbonyl (C=O) groups excluding carboxylic acids is 1. The quantitative estimate of drug-likeness (QED) is 0.518. The highest BCUT2D eigenvalue weighted by Crippen LogP contribution is 2.23. The van der Waals surface area contributed by atoms with E-state index < -0.39 is 5.97 Å². The molecule has 1 saturated carbocycles. The Hall–Kier alpha value is -1.42. The SMILES string of the molecule is O=C(OOC1CC1)c1cccnc1. The second-order valence-electron chi connectivity index (χ2n) is 2.91. The molecule has 13 heavy (non-hydrogen) atoms. The fourth-order valence-corrected chi connectivity index (χ4v) is 0.808. The highest BCUT2D eigenvalue weighted by molar-refractivity contribution is 5.88. The van der Waals surface area contributed by atoms with Gasteiger partial charge < -0.3 is 0 Å². The zero-order valence-electron chi connectivity index (χ0n) is 6.97. The van der Waals surface area contributed by atoms with Crippen LogP contribution < -0.4 is 0 Å². The van der Waals surface area contributed by atoms with Crippen molar-refractivity contribution in [3.05, 3.63) is 30.1 Å². The third-order valence-corrected chi connectivity index (χ3v) is 1.68. The van der Waals surface area contributed by atoms with Crippen LogP contribution in [0.1, 0.15) is 23.2 Å². The topological polar surface area (TPSA) is 48.4 Å². The molecule has 0 N–H and O–H groups in total. The van der Waals surface area contributed by atoms with Crippen LogP contribution in [0.5, 0.6) is 0 Å². The van der Waals surface area contributed by atoms with Crippen molar-refractivity contribution in [1.29, 1.82) is 0 Å². The molecule has 0 atom stereocenters. The summed E-state index contributed by atoms with van der Waals surface area (Å²) in [4.78, 5) is 24.3. The largest absolute Gasteiger partial charge is 0.374 e. The zero-order chi connectivity index (χ0) is 9.10. The maximum Gasteiger partial charge on any atom is 0.374 e. The van der Waals surface area contributed by atoms with Crippen LogP contribution in [0.2, 0.25) is 0 Å². The number of rotatable bonds is 3. The van der Waals surface area contributed by atoms with Crippen molar-refractivity contribution in [2.75, 3.05) is 0 Å². The second kappa shape index (κ2) is 3.53. The van der Waals surface area contributed by atoms with Crippen LogP contribution in [0.25, 0.3) is 0 Å². The summed E-state index contributed by atoms with van der Waals surface area (Å²) in [5, 5.41) is 0. The van der Waals surface area contributed by atoms with Crippen LogP contribution >= 0.6 is 0 Å². The summed E-state index contributed by atoms with van der Waals surface area (Å²) in [6, 6.07) is 3.30. The first kappa shape index (κ1) is 8.19. The minimum atomic E-state index is -0.486. The Bertz CT molecular complexity index is 295. The van der Waals surface area contributed by atoms with Gasteiger partial charge in [-0.2, -0.15) is 4.89 Å². The number of nitrogens with zero attached hydrogens (tertiary/aromatic N) is 1. The average Bonchev–Trinajstić information content (AvgIpc) is 2.99. The molecule has 1 aliphatic carbocycles. The minimum absolute atomic E-state index is 0.112. The molecule has 0 unspecified atom stereocenters. The Kier molecular flexibility index (Phi) is 2.23. The van der Waals surface area contributed by atoms with Crippen molar-refractivity contribution < 1.29 is 14.6 Å². The van der Waals surface area contributed by atoms with Crippen molar-refractivity contribution in [1.82, 2.24) is 4.98 Å². The van der Waals surface area contributed by atoms with Gasteiger partial charge in [-0.05, 0) is 25.0 Å². The van der Waals surface area contributed by atoms with Crippen molar-refractivity contribution in [2.45, 2.75) is 18.9 Å². The lowest BCUT2D eigenvalue weighted by molar-refractivity contribution is -0.250. The minimum Gasteiger partial charge on any atom is -0.292 e. The molecule has 0 aliphatic heterocycles. The number of carbonyl (C=O) groups is 1. The molecule has 68 valence electrons. The molecular weight excluding hydrogens is 170 g/mol. The van der Waals surface area contributed by atoms with Gasteiger partial charge in [-0.25, -0.2) is 4.79 Å². The Morgan fingerprint density at radius 2 is 2.38 bits per heavy atom. The van der Waals surface area contributed by atoms with E-state index >= 15 is 0 Å². The van der Waals surface area contributed by atoms with Gasteiger partial charge in [-0.15, -0.1) is 0 Å². The van der Waals surface area contributed by atoms with Gasteiger partial charge in [0.05, 0.1) is 5.56 Å². The highest BCUT2D eigenvalue weighted by Gasteiger charge is 2.25. The van der Waals surface area contributed by atoms with E-state index in [4.69, 9.17) is 4.89 Å². The third-order valence-electron chi connectivity index (χ3n) is 1.68. The number of hydrogen-bond acceptors (Lipinski definition) is 4. The molecule has 4 nitrogen and oxygen atoms in total. The molecule has 1 aliphatic rings. The summed E-state index contributed by atoms with van der Waals surface area (Å²) >= 11 is 0. The van der Waals surface area contributed by atoms with E-state index in [9.17, 15) is 4.79 Å². The molecule has 1 fully saturated rings. The lowest BCUT2D eigenvalue weighted by Crippen LogP contribution is -2.07. The van der Waals surface area contributed by atoms with E-state index in [2.05, 4.69) is 9.87 Å². The molecule has 1 aromatic rings. The Labute approximate surface area is 75.4 Å². The lowest BCUT2D eigenvalue weighted by atomic mass is 10.3. The summed E-state index contributed by atoms with van der Waals surface area (Å²) in [6.45, 7) is 0. The monoisotopic (exact) mass is 179 g/mol. The molecule has 0 amide bonds. The van der Waals surface area contributed by atoms with Crippen LogP contribution in [0.3, 0.4) is 0 Å². The smallest absolute Gasteiger partial charge is 0.292 e. The van der Waals surface area contributed by atoms with Gasteiger partial charge in [0.15, 0.2) is 0 Å². The molecule has 0 bridgehead atoms. The van der Waals surface area contributed by atoms with Crippen LogP contribution in [-0.4, -0.2) is 17.1 Å². The first-order chi connectivity index (χ1) is 6.36. The molecule has 0 aromatic carbocycles. The summed E-state index contributed by atoms with van der Waals surface area (Å²) in [5.74, 6) is -0.486. The van der Waals surface area contributed by atoms with Gasteiger partial charge in [0.25, 0.3) is 0 Å². The number of hydrogen-bond donors (Lipinski definition) is 0. The van der Waals surface area contributed by atoms with Crippen molar-refractivity contribution >= 4 is 5.97 Å². The maximum atomic E-state index is 11.2. The molecule has 4 heteroatoms. The molecule has 0 radical (unpaired) electrons. The van der Waals surface area contributed by atoms with Crippen LogP contribution in [-0.2, 0) is 9.78 Å². The molecular formula is C9H9NO3. The van der Waals surface area contributed by atoms with Crippen molar-refractivity contribution in [3.63, 3.8) is 0 Å². The molecule has 0 spiro atoms. The van der Waals surface area contributed by atoms with E-state index in [-0.39, 0.29) is 6.10 Å². The molecule has 2 rings (SSSR count). The first-order valence-electron chi connectivity index (χ1n) is 4.14. The number of aromatic nitrogens is 1. The third kappa shape index (κ3) is 2.26. The van der Waals surface area contributed by atoms with E-state index in [0.717, 1.165) is 12.8 Å². The van der Waals surface area contributed by atoms with Gasteiger partial charge in [-0.1, -0.05) is 0 Å². The molecule has 0 saturated heterocycles. The van der Waals surface area contributed by atoms with E-state index in [1.165, 1.54) is 6.20 Å². The van der Waals surface area contributed by atoms with Gasteiger partial charge in [0.1, 0.15) is 6.10 Å². The molecule has 1 heterocycles. The summed E-state index contributed by atoms with van der Waals surface area (Å²) in [6.07, 6.45) is 5.10. The van der Waals surface area contributed by atoms with Gasteiger partial charge in [-0.3, -0.25) is 9.87 Å². The second-order valence-corrected chi connectivity index (χ2v) is 2.91. The predicted molar refractivity (Wildman–Crippen MR) is 43.8 cm³/mol. The van der Waals surface area contributed by atoms with Gasteiger partial charge in [0.2, 0.25) is 0 Å². The normalized spacial score (nSPS) is 15.4. The van der Waals surface area contributed by atoms with Gasteiger partial charge in [0, 0.05) is 12.4 Å². The Balaban J connectivity index is 1.89. The van der Waals surface area contributed by atoms with E-state index in [1.807, 2.05) is 0 Å². The maximum absolute atomic E-state index is 11.2. The fraction of sp³-hybridized carbons (Fsp3) is 0.333. The lowest BCUT2D eigenvalue weighted by Gasteiger charge is -2.00. The van der Waals surface area contributed by atoms with Crippen molar-refractivity contribution in [2.24, 2.45) is 0 Å². The fourth-order valence-electron chi connectivity index (χ4n) is 0.808. The Morgan fingerprint density at radius 3 is 3.00 bits per heavy atom. The number of pyridine rings is 1. The Morgan fingerprint density at radius 1 is 1.54 bits per heavy atom.